The Labute approximate surface area is 133 Å². The van der Waals surface area contributed by atoms with E-state index in [-0.39, 0.29) is 30.5 Å². The van der Waals surface area contributed by atoms with Gasteiger partial charge in [-0.3, -0.25) is 4.79 Å². The number of amides is 1. The number of carbonyl (C=O) groups excluding carboxylic acids is 1. The number of carbonyl (C=O) groups is 1. The maximum atomic E-state index is 11.7. The van der Waals surface area contributed by atoms with Gasteiger partial charge < -0.3 is 15.8 Å². The number of nitrogens with one attached hydrogen (secondary N) is 1. The Morgan fingerprint density at radius 2 is 2.05 bits per heavy atom. The largest absolute Gasteiger partial charge is 0.488 e. The summed E-state index contributed by atoms with van der Waals surface area (Å²) in [6, 6.07) is 7.97. The van der Waals surface area contributed by atoms with E-state index in [0.717, 1.165) is 17.7 Å². The molecule has 1 rings (SSSR count). The first-order chi connectivity index (χ1) is 9.52. The third kappa shape index (κ3) is 7.93. The lowest BCUT2D eigenvalue weighted by Crippen LogP contribution is -2.35. The van der Waals surface area contributed by atoms with Crippen molar-refractivity contribution in [2.45, 2.75) is 52.2 Å². The molecule has 3 N–H and O–H groups in total. The van der Waals surface area contributed by atoms with Gasteiger partial charge in [0.05, 0.1) is 6.54 Å². The molecule has 0 aliphatic carbocycles. The Balaban J connectivity index is 0.00000400. The van der Waals surface area contributed by atoms with Crippen LogP contribution >= 0.6 is 12.4 Å². The Morgan fingerprint density at radius 1 is 1.38 bits per heavy atom. The van der Waals surface area contributed by atoms with Crippen molar-refractivity contribution in [1.82, 2.24) is 5.32 Å². The summed E-state index contributed by atoms with van der Waals surface area (Å²) >= 11 is 0. The van der Waals surface area contributed by atoms with E-state index in [1.165, 1.54) is 0 Å². The molecule has 0 radical (unpaired) electrons. The lowest BCUT2D eigenvalue weighted by molar-refractivity contribution is -0.121. The summed E-state index contributed by atoms with van der Waals surface area (Å²) in [5.41, 5.74) is 6.74. The molecular weight excluding hydrogens is 288 g/mol. The number of nitrogens with two attached hydrogens (primary N) is 1. The van der Waals surface area contributed by atoms with Crippen LogP contribution in [0.15, 0.2) is 24.3 Å². The van der Waals surface area contributed by atoms with Crippen LogP contribution in [-0.4, -0.2) is 24.6 Å². The van der Waals surface area contributed by atoms with Gasteiger partial charge in [0.1, 0.15) is 11.9 Å². The maximum absolute atomic E-state index is 11.7. The molecule has 120 valence electrons. The lowest BCUT2D eigenvalue weighted by atomic mass is 10.2. The van der Waals surface area contributed by atoms with Crippen molar-refractivity contribution in [2.75, 3.05) is 6.54 Å². The van der Waals surface area contributed by atoms with Gasteiger partial charge in [0.25, 0.3) is 0 Å². The van der Waals surface area contributed by atoms with Crippen molar-refractivity contribution in [3.8, 4) is 5.75 Å². The zero-order chi connectivity index (χ0) is 15.0. The van der Waals surface area contributed by atoms with Crippen LogP contribution in [0.25, 0.3) is 0 Å². The van der Waals surface area contributed by atoms with Crippen molar-refractivity contribution in [3.05, 3.63) is 29.8 Å². The first kappa shape index (κ1) is 19.7. The first-order valence-electron chi connectivity index (χ1n) is 7.27. The minimum absolute atomic E-state index is 0. The van der Waals surface area contributed by atoms with E-state index >= 15 is 0 Å². The van der Waals surface area contributed by atoms with Crippen LogP contribution < -0.4 is 15.8 Å². The highest BCUT2D eigenvalue weighted by atomic mass is 35.5. The average molecular weight is 315 g/mol. The van der Waals surface area contributed by atoms with E-state index in [4.69, 9.17) is 10.5 Å². The molecular formula is C16H27ClN2O2. The molecule has 1 amide bonds. The van der Waals surface area contributed by atoms with Gasteiger partial charge in [0.15, 0.2) is 0 Å². The van der Waals surface area contributed by atoms with Crippen molar-refractivity contribution in [1.29, 1.82) is 0 Å². The van der Waals surface area contributed by atoms with Gasteiger partial charge in [0, 0.05) is 12.5 Å². The Bertz CT molecular complexity index is 424. The van der Waals surface area contributed by atoms with Gasteiger partial charge in [-0.15, -0.1) is 12.4 Å². The van der Waals surface area contributed by atoms with Gasteiger partial charge in [-0.1, -0.05) is 25.1 Å². The highest BCUT2D eigenvalue weighted by Crippen LogP contribution is 2.18. The predicted molar refractivity (Wildman–Crippen MR) is 89.0 cm³/mol. The molecule has 0 heterocycles. The molecule has 1 aromatic carbocycles. The van der Waals surface area contributed by atoms with Crippen molar-refractivity contribution < 1.29 is 9.53 Å². The third-order valence-electron chi connectivity index (χ3n) is 3.20. The SMILES string of the molecule is CCC(CNC(=O)CCC(C)N)Oc1ccccc1C.Cl. The number of ether oxygens (including phenoxy) is 1. The molecule has 0 aliphatic heterocycles. The minimum atomic E-state index is -0.00431. The van der Waals surface area contributed by atoms with Crippen LogP contribution in [0.5, 0.6) is 5.75 Å². The third-order valence-corrected chi connectivity index (χ3v) is 3.20. The molecule has 0 bridgehead atoms. The molecule has 0 aliphatic rings. The number of rotatable bonds is 8. The molecule has 5 heteroatoms. The topological polar surface area (TPSA) is 64.4 Å². The molecule has 1 aromatic rings. The zero-order valence-corrected chi connectivity index (χ0v) is 13.9. The van der Waals surface area contributed by atoms with E-state index in [1.807, 2.05) is 38.1 Å². The van der Waals surface area contributed by atoms with E-state index in [1.54, 1.807) is 0 Å². The lowest BCUT2D eigenvalue weighted by Gasteiger charge is -2.19. The Morgan fingerprint density at radius 3 is 2.62 bits per heavy atom. The molecule has 2 atom stereocenters. The quantitative estimate of drug-likeness (QED) is 0.775. The van der Waals surface area contributed by atoms with Crippen molar-refractivity contribution >= 4 is 18.3 Å². The predicted octanol–water partition coefficient (Wildman–Crippen LogP) is 2.82. The van der Waals surface area contributed by atoms with Gasteiger partial charge >= 0.3 is 0 Å². The monoisotopic (exact) mass is 314 g/mol. The number of aryl methyl sites for hydroxylation is 1. The maximum Gasteiger partial charge on any atom is 0.220 e. The van der Waals surface area contributed by atoms with Crippen molar-refractivity contribution in [2.24, 2.45) is 5.73 Å². The molecule has 4 nitrogen and oxygen atoms in total. The smallest absolute Gasteiger partial charge is 0.220 e. The summed E-state index contributed by atoms with van der Waals surface area (Å²) in [5, 5.41) is 2.91. The van der Waals surface area contributed by atoms with E-state index in [2.05, 4.69) is 12.2 Å². The van der Waals surface area contributed by atoms with Gasteiger partial charge in [-0.25, -0.2) is 0 Å². The molecule has 2 unspecified atom stereocenters. The van der Waals surface area contributed by atoms with E-state index in [0.29, 0.717) is 19.4 Å². The number of halogens is 1. The average Bonchev–Trinajstić information content (AvgIpc) is 2.43. The number of para-hydroxylation sites is 1. The van der Waals surface area contributed by atoms with Crippen LogP contribution in [0.2, 0.25) is 0 Å². The minimum Gasteiger partial charge on any atom is -0.488 e. The second kappa shape index (κ2) is 10.5. The summed E-state index contributed by atoms with van der Waals surface area (Å²) in [7, 11) is 0. The van der Waals surface area contributed by atoms with Gasteiger partial charge in [-0.2, -0.15) is 0 Å². The summed E-state index contributed by atoms with van der Waals surface area (Å²) < 4.78 is 5.93. The first-order valence-corrected chi connectivity index (χ1v) is 7.27. The molecule has 0 spiro atoms. The summed E-state index contributed by atoms with van der Waals surface area (Å²) in [6.07, 6.45) is 2.03. The van der Waals surface area contributed by atoms with E-state index in [9.17, 15) is 4.79 Å². The second-order valence-corrected chi connectivity index (χ2v) is 5.23. The summed E-state index contributed by atoms with van der Waals surface area (Å²) in [5.74, 6) is 0.915. The van der Waals surface area contributed by atoms with Crippen LogP contribution in [-0.2, 0) is 4.79 Å². The Kier molecular flexibility index (Phi) is 9.84. The van der Waals surface area contributed by atoms with E-state index < -0.39 is 0 Å². The molecule has 21 heavy (non-hydrogen) atoms. The molecule has 0 fully saturated rings. The summed E-state index contributed by atoms with van der Waals surface area (Å²) in [4.78, 5) is 11.7. The second-order valence-electron chi connectivity index (χ2n) is 5.23. The molecule has 0 saturated heterocycles. The number of hydrogen-bond donors (Lipinski definition) is 2. The van der Waals surface area contributed by atoms with Crippen molar-refractivity contribution in [3.63, 3.8) is 0 Å². The van der Waals surface area contributed by atoms with Gasteiger partial charge in [-0.05, 0) is 38.3 Å². The fraction of sp³-hybridized carbons (Fsp3) is 0.562. The van der Waals surface area contributed by atoms with Crippen LogP contribution in [0.1, 0.15) is 38.7 Å². The van der Waals surface area contributed by atoms with Gasteiger partial charge in [0.2, 0.25) is 5.91 Å². The molecule has 0 saturated carbocycles. The Hall–Kier alpha value is -1.26. The normalized spacial score (nSPS) is 13.0. The highest BCUT2D eigenvalue weighted by Gasteiger charge is 2.11. The van der Waals surface area contributed by atoms with Crippen LogP contribution in [0.3, 0.4) is 0 Å². The molecule has 0 aromatic heterocycles. The standard InChI is InChI=1S/C16H26N2O2.ClH/c1-4-14(11-18-16(19)10-9-13(3)17)20-15-8-6-5-7-12(15)2;/h5-8,13-14H,4,9-11,17H2,1-3H3,(H,18,19);1H. The fourth-order valence-corrected chi connectivity index (χ4v) is 1.81. The zero-order valence-electron chi connectivity index (χ0n) is 13.1. The summed E-state index contributed by atoms with van der Waals surface area (Å²) in [6.45, 7) is 6.51. The highest BCUT2D eigenvalue weighted by molar-refractivity contribution is 5.85. The number of benzene rings is 1. The van der Waals surface area contributed by atoms with Crippen LogP contribution in [0.4, 0.5) is 0 Å². The number of hydrogen-bond acceptors (Lipinski definition) is 3. The van der Waals surface area contributed by atoms with Crippen LogP contribution in [0, 0.1) is 6.92 Å². The fourth-order valence-electron chi connectivity index (χ4n) is 1.81.